The molecule has 0 atom stereocenters. The summed E-state index contributed by atoms with van der Waals surface area (Å²) in [5, 5.41) is 19.1. The number of nitro groups is 1. The fraction of sp³-hybridized carbons (Fsp3) is 0.222. The second-order valence-electron chi connectivity index (χ2n) is 3.08. The van der Waals surface area contributed by atoms with Gasteiger partial charge in [-0.2, -0.15) is 8.78 Å². The molecule has 0 aliphatic rings. The Labute approximate surface area is 97.7 Å². The van der Waals surface area contributed by atoms with Gasteiger partial charge in [-0.15, -0.1) is 0 Å². The monoisotopic (exact) mass is 265 g/mol. The largest absolute Gasteiger partial charge is 0.481 e. The molecule has 0 aromatic heterocycles. The summed E-state index contributed by atoms with van der Waals surface area (Å²) in [7, 11) is 0. The average Bonchev–Trinajstić information content (AvgIpc) is 2.21. The number of aliphatic carboxylic acids is 1. The van der Waals surface area contributed by atoms with Crippen LogP contribution in [0.5, 0.6) is 5.75 Å². The molecular weight excluding hydrogens is 259 g/mol. The molecule has 98 valence electrons. The van der Waals surface area contributed by atoms with E-state index in [-0.39, 0.29) is 0 Å². The van der Waals surface area contributed by atoms with E-state index in [1.165, 1.54) is 0 Å². The van der Waals surface area contributed by atoms with Crippen LogP contribution in [0.15, 0.2) is 12.1 Å². The van der Waals surface area contributed by atoms with Gasteiger partial charge in [-0.3, -0.25) is 14.9 Å². The number of hydrogen-bond acceptors (Lipinski definition) is 4. The lowest BCUT2D eigenvalue weighted by Gasteiger charge is -2.10. The average molecular weight is 265 g/mol. The van der Waals surface area contributed by atoms with Gasteiger partial charge in [-0.1, -0.05) is 0 Å². The zero-order valence-corrected chi connectivity index (χ0v) is 8.60. The maximum atomic E-state index is 13.2. The number of carboxylic acid groups (broad SMARTS) is 1. The highest BCUT2D eigenvalue weighted by Gasteiger charge is 2.26. The van der Waals surface area contributed by atoms with Crippen molar-refractivity contribution in [1.29, 1.82) is 0 Å². The number of alkyl halides is 2. The van der Waals surface area contributed by atoms with E-state index in [9.17, 15) is 28.1 Å². The first kappa shape index (κ1) is 13.7. The Hall–Kier alpha value is -2.32. The van der Waals surface area contributed by atoms with Crippen LogP contribution in [0, 0.1) is 15.9 Å². The number of nitro benzene ring substituents is 1. The lowest BCUT2D eigenvalue weighted by molar-refractivity contribution is -0.385. The van der Waals surface area contributed by atoms with Crippen LogP contribution in [0.1, 0.15) is 5.56 Å². The van der Waals surface area contributed by atoms with Crippen molar-refractivity contribution in [1.82, 2.24) is 0 Å². The van der Waals surface area contributed by atoms with Gasteiger partial charge in [0.15, 0.2) is 11.6 Å². The fourth-order valence-corrected chi connectivity index (χ4v) is 1.30. The first-order chi connectivity index (χ1) is 8.32. The zero-order valence-electron chi connectivity index (χ0n) is 8.60. The molecule has 0 aliphatic heterocycles. The molecule has 1 N–H and O–H groups in total. The molecule has 18 heavy (non-hydrogen) atoms. The molecule has 0 spiro atoms. The molecule has 0 aliphatic carbocycles. The smallest absolute Gasteiger partial charge is 0.387 e. The van der Waals surface area contributed by atoms with E-state index in [1.807, 2.05) is 0 Å². The van der Waals surface area contributed by atoms with Crippen LogP contribution in [-0.4, -0.2) is 22.6 Å². The highest BCUT2D eigenvalue weighted by Crippen LogP contribution is 2.32. The van der Waals surface area contributed by atoms with E-state index in [0.717, 1.165) is 0 Å². The summed E-state index contributed by atoms with van der Waals surface area (Å²) in [6.45, 7) is -3.42. The van der Waals surface area contributed by atoms with Crippen LogP contribution in [0.25, 0.3) is 0 Å². The second-order valence-corrected chi connectivity index (χ2v) is 3.08. The lowest BCUT2D eigenvalue weighted by Crippen LogP contribution is -2.11. The van der Waals surface area contributed by atoms with E-state index < -0.39 is 46.7 Å². The number of hydrogen-bond donors (Lipinski definition) is 1. The number of ether oxygens (including phenoxy) is 1. The van der Waals surface area contributed by atoms with Crippen LogP contribution in [0.2, 0.25) is 0 Å². The van der Waals surface area contributed by atoms with Gasteiger partial charge in [0.2, 0.25) is 0 Å². The molecule has 6 nitrogen and oxygen atoms in total. The van der Waals surface area contributed by atoms with Crippen LogP contribution in [-0.2, 0) is 11.2 Å². The van der Waals surface area contributed by atoms with Crippen molar-refractivity contribution in [2.24, 2.45) is 0 Å². The molecule has 0 heterocycles. The Morgan fingerprint density at radius 2 is 2.11 bits per heavy atom. The van der Waals surface area contributed by atoms with E-state index in [4.69, 9.17) is 5.11 Å². The molecule has 0 saturated heterocycles. The third kappa shape index (κ3) is 3.09. The third-order valence-corrected chi connectivity index (χ3v) is 1.92. The Kier molecular flexibility index (Phi) is 4.08. The standard InChI is InChI=1S/C9H6F3NO5/c10-5-1-2-6(13(16)17)4(3-7(14)15)8(5)18-9(11)12/h1-2,9H,3H2,(H,14,15). The Bertz CT molecular complexity index is 491. The number of carbonyl (C=O) groups is 1. The van der Waals surface area contributed by atoms with Crippen molar-refractivity contribution in [2.75, 3.05) is 0 Å². The van der Waals surface area contributed by atoms with E-state index in [1.54, 1.807) is 0 Å². The van der Waals surface area contributed by atoms with Gasteiger partial charge in [0.1, 0.15) is 0 Å². The molecule has 0 unspecified atom stereocenters. The molecule has 1 rings (SSSR count). The van der Waals surface area contributed by atoms with Crippen molar-refractivity contribution in [2.45, 2.75) is 13.0 Å². The predicted molar refractivity (Wildman–Crippen MR) is 51.0 cm³/mol. The summed E-state index contributed by atoms with van der Waals surface area (Å²) in [6, 6.07) is 1.24. The minimum Gasteiger partial charge on any atom is -0.481 e. The van der Waals surface area contributed by atoms with Crippen LogP contribution >= 0.6 is 0 Å². The van der Waals surface area contributed by atoms with Crippen LogP contribution in [0.4, 0.5) is 18.9 Å². The van der Waals surface area contributed by atoms with Crippen molar-refractivity contribution < 1.29 is 32.7 Å². The fourth-order valence-electron chi connectivity index (χ4n) is 1.30. The third-order valence-electron chi connectivity index (χ3n) is 1.92. The molecule has 1 aromatic rings. The molecule has 0 radical (unpaired) electrons. The molecule has 9 heteroatoms. The van der Waals surface area contributed by atoms with Crippen molar-refractivity contribution >= 4 is 11.7 Å². The lowest BCUT2D eigenvalue weighted by atomic mass is 10.1. The molecule has 1 aromatic carbocycles. The van der Waals surface area contributed by atoms with Gasteiger partial charge in [0, 0.05) is 6.07 Å². The highest BCUT2D eigenvalue weighted by molar-refractivity contribution is 5.73. The first-order valence-electron chi connectivity index (χ1n) is 4.45. The second kappa shape index (κ2) is 5.34. The zero-order chi connectivity index (χ0) is 13.9. The SMILES string of the molecule is O=C(O)Cc1c([N+](=O)[O-])ccc(F)c1OC(F)F. The predicted octanol–water partition coefficient (Wildman–Crippen LogP) is 1.96. The Balaban J connectivity index is 3.39. The summed E-state index contributed by atoms with van der Waals surface area (Å²) in [5.41, 5.74) is -1.54. The van der Waals surface area contributed by atoms with E-state index in [0.29, 0.717) is 12.1 Å². The Morgan fingerprint density at radius 1 is 1.50 bits per heavy atom. The molecular formula is C9H6F3NO5. The first-order valence-corrected chi connectivity index (χ1v) is 4.45. The van der Waals surface area contributed by atoms with Gasteiger partial charge in [0.25, 0.3) is 5.69 Å². The van der Waals surface area contributed by atoms with Crippen LogP contribution < -0.4 is 4.74 Å². The summed E-state index contributed by atoms with van der Waals surface area (Å²) in [6.07, 6.45) is -1.00. The van der Waals surface area contributed by atoms with Gasteiger partial charge >= 0.3 is 12.6 Å². The topological polar surface area (TPSA) is 89.7 Å². The normalized spacial score (nSPS) is 10.4. The molecule has 0 saturated carbocycles. The van der Waals surface area contributed by atoms with Gasteiger partial charge < -0.3 is 9.84 Å². The minimum atomic E-state index is -3.42. The molecule has 0 fully saturated rings. The minimum absolute atomic E-state index is 0.557. The van der Waals surface area contributed by atoms with Gasteiger partial charge in [-0.25, -0.2) is 4.39 Å². The number of carboxylic acids is 1. The van der Waals surface area contributed by atoms with Gasteiger partial charge in [0.05, 0.1) is 16.9 Å². The maximum Gasteiger partial charge on any atom is 0.387 e. The maximum absolute atomic E-state index is 13.2. The summed E-state index contributed by atoms with van der Waals surface area (Å²) < 4.78 is 41.1. The van der Waals surface area contributed by atoms with Crippen molar-refractivity contribution in [3.63, 3.8) is 0 Å². The van der Waals surface area contributed by atoms with E-state index >= 15 is 0 Å². The number of benzene rings is 1. The Morgan fingerprint density at radius 3 is 2.56 bits per heavy atom. The number of nitrogens with zero attached hydrogens (tertiary/aromatic N) is 1. The molecule has 0 amide bonds. The summed E-state index contributed by atoms with van der Waals surface area (Å²) in [5.74, 6) is -3.96. The highest BCUT2D eigenvalue weighted by atomic mass is 19.3. The number of rotatable bonds is 5. The van der Waals surface area contributed by atoms with E-state index in [2.05, 4.69) is 4.74 Å². The quantitative estimate of drug-likeness (QED) is 0.649. The van der Waals surface area contributed by atoms with Crippen molar-refractivity contribution in [3.05, 3.63) is 33.6 Å². The summed E-state index contributed by atoms with van der Waals surface area (Å²) >= 11 is 0. The van der Waals surface area contributed by atoms with Gasteiger partial charge in [-0.05, 0) is 6.07 Å². The summed E-state index contributed by atoms with van der Waals surface area (Å²) in [4.78, 5) is 20.1. The van der Waals surface area contributed by atoms with Crippen molar-refractivity contribution in [3.8, 4) is 5.75 Å². The number of halogens is 3. The molecule has 0 bridgehead atoms. The van der Waals surface area contributed by atoms with Crippen LogP contribution in [0.3, 0.4) is 0 Å².